The lowest BCUT2D eigenvalue weighted by molar-refractivity contribution is 1.21. The summed E-state index contributed by atoms with van der Waals surface area (Å²) in [5.74, 6) is 0.621. The number of nitrogens with one attached hydrogen (secondary N) is 1. The standard InChI is InChI=1S/C8H8N4/c9-8-6(1-2-12-8)7-5-10-3-4-11-7/h1-5,12H,9H2. The number of nitrogen functional groups attached to an aromatic ring is 1. The van der Waals surface area contributed by atoms with Crippen LogP contribution < -0.4 is 5.73 Å². The number of nitrogens with zero attached hydrogens (tertiary/aromatic N) is 2. The van der Waals surface area contributed by atoms with Gasteiger partial charge < -0.3 is 10.7 Å². The zero-order valence-electron chi connectivity index (χ0n) is 6.36. The zero-order valence-corrected chi connectivity index (χ0v) is 6.36. The normalized spacial score (nSPS) is 10.0. The topological polar surface area (TPSA) is 67.6 Å². The monoisotopic (exact) mass is 160 g/mol. The molecule has 0 spiro atoms. The largest absolute Gasteiger partial charge is 0.385 e. The van der Waals surface area contributed by atoms with Crippen molar-refractivity contribution in [2.45, 2.75) is 0 Å². The average molecular weight is 160 g/mol. The Kier molecular flexibility index (Phi) is 1.51. The molecule has 2 heterocycles. The van der Waals surface area contributed by atoms with Crippen molar-refractivity contribution in [1.82, 2.24) is 15.0 Å². The summed E-state index contributed by atoms with van der Waals surface area (Å²) in [5, 5.41) is 0. The molecule has 4 nitrogen and oxygen atoms in total. The van der Waals surface area contributed by atoms with Crippen LogP contribution in [0.1, 0.15) is 0 Å². The summed E-state index contributed by atoms with van der Waals surface area (Å²) in [7, 11) is 0. The SMILES string of the molecule is Nc1[nH]ccc1-c1cnccn1. The van der Waals surface area contributed by atoms with Gasteiger partial charge >= 0.3 is 0 Å². The van der Waals surface area contributed by atoms with Crippen molar-refractivity contribution in [2.24, 2.45) is 0 Å². The number of nitrogens with two attached hydrogens (primary N) is 1. The van der Waals surface area contributed by atoms with E-state index in [1.807, 2.05) is 6.07 Å². The van der Waals surface area contributed by atoms with Crippen LogP contribution in [0.3, 0.4) is 0 Å². The molecule has 4 heteroatoms. The van der Waals surface area contributed by atoms with Gasteiger partial charge in [0.2, 0.25) is 0 Å². The molecule has 12 heavy (non-hydrogen) atoms. The third-order valence-corrected chi connectivity index (χ3v) is 1.62. The summed E-state index contributed by atoms with van der Waals surface area (Å²) in [6, 6.07) is 1.87. The molecule has 0 saturated carbocycles. The Labute approximate surface area is 69.5 Å². The number of hydrogen-bond donors (Lipinski definition) is 2. The number of aromatic amines is 1. The van der Waals surface area contributed by atoms with Crippen molar-refractivity contribution >= 4 is 5.82 Å². The van der Waals surface area contributed by atoms with Crippen molar-refractivity contribution in [2.75, 3.05) is 5.73 Å². The van der Waals surface area contributed by atoms with E-state index in [1.54, 1.807) is 24.8 Å². The van der Waals surface area contributed by atoms with Crippen LogP contribution in [-0.4, -0.2) is 15.0 Å². The fraction of sp³-hybridized carbons (Fsp3) is 0. The lowest BCUT2D eigenvalue weighted by Crippen LogP contribution is -1.89. The van der Waals surface area contributed by atoms with E-state index >= 15 is 0 Å². The number of hydrogen-bond acceptors (Lipinski definition) is 3. The van der Waals surface area contributed by atoms with Crippen LogP contribution >= 0.6 is 0 Å². The van der Waals surface area contributed by atoms with Crippen molar-refractivity contribution < 1.29 is 0 Å². The van der Waals surface area contributed by atoms with E-state index in [0.717, 1.165) is 11.3 Å². The predicted octanol–water partition coefficient (Wildman–Crippen LogP) is 1.05. The molecule has 0 aromatic carbocycles. The molecule has 3 N–H and O–H groups in total. The Balaban J connectivity index is 2.51. The van der Waals surface area contributed by atoms with Gasteiger partial charge in [0.05, 0.1) is 11.9 Å². The summed E-state index contributed by atoms with van der Waals surface area (Å²) < 4.78 is 0. The second kappa shape index (κ2) is 2.65. The van der Waals surface area contributed by atoms with Crippen LogP contribution in [-0.2, 0) is 0 Å². The molecule has 2 aromatic heterocycles. The van der Waals surface area contributed by atoms with Gasteiger partial charge in [-0.2, -0.15) is 0 Å². The second-order valence-electron chi connectivity index (χ2n) is 2.40. The molecule has 0 aliphatic rings. The molecular weight excluding hydrogens is 152 g/mol. The van der Waals surface area contributed by atoms with E-state index in [-0.39, 0.29) is 0 Å². The minimum atomic E-state index is 0.621. The maximum atomic E-state index is 5.65. The van der Waals surface area contributed by atoms with E-state index in [0.29, 0.717) is 5.82 Å². The van der Waals surface area contributed by atoms with Crippen molar-refractivity contribution in [3.05, 3.63) is 30.9 Å². The van der Waals surface area contributed by atoms with Crippen LogP contribution in [0.4, 0.5) is 5.82 Å². The highest BCUT2D eigenvalue weighted by atomic mass is 14.9. The first kappa shape index (κ1) is 6.84. The highest BCUT2D eigenvalue weighted by Crippen LogP contribution is 2.20. The molecule has 0 aliphatic heterocycles. The van der Waals surface area contributed by atoms with Crippen LogP contribution in [0.2, 0.25) is 0 Å². The van der Waals surface area contributed by atoms with E-state index in [2.05, 4.69) is 15.0 Å². The summed E-state index contributed by atoms with van der Waals surface area (Å²) in [5.41, 5.74) is 7.33. The van der Waals surface area contributed by atoms with E-state index in [4.69, 9.17) is 5.73 Å². The van der Waals surface area contributed by atoms with E-state index in [9.17, 15) is 0 Å². The molecule has 2 rings (SSSR count). The molecule has 0 saturated heterocycles. The summed E-state index contributed by atoms with van der Waals surface area (Å²) in [6.45, 7) is 0. The Morgan fingerprint density at radius 3 is 2.83 bits per heavy atom. The summed E-state index contributed by atoms with van der Waals surface area (Å²) in [6.07, 6.45) is 6.73. The lowest BCUT2D eigenvalue weighted by atomic mass is 10.2. The number of aromatic nitrogens is 3. The van der Waals surface area contributed by atoms with Crippen LogP contribution in [0.25, 0.3) is 11.3 Å². The summed E-state index contributed by atoms with van der Waals surface area (Å²) in [4.78, 5) is 10.9. The maximum Gasteiger partial charge on any atom is 0.110 e. The Hall–Kier alpha value is -1.84. The zero-order chi connectivity index (χ0) is 8.39. The van der Waals surface area contributed by atoms with Gasteiger partial charge in [-0.1, -0.05) is 0 Å². The highest BCUT2D eigenvalue weighted by molar-refractivity contribution is 5.70. The smallest absolute Gasteiger partial charge is 0.110 e. The third kappa shape index (κ3) is 1.03. The van der Waals surface area contributed by atoms with Gasteiger partial charge in [0.15, 0.2) is 0 Å². The van der Waals surface area contributed by atoms with Crippen LogP contribution in [0, 0.1) is 0 Å². The van der Waals surface area contributed by atoms with Gasteiger partial charge in [-0.3, -0.25) is 9.97 Å². The number of rotatable bonds is 1. The molecule has 0 aliphatic carbocycles. The molecular formula is C8H8N4. The van der Waals surface area contributed by atoms with E-state index in [1.165, 1.54) is 0 Å². The second-order valence-corrected chi connectivity index (χ2v) is 2.40. The van der Waals surface area contributed by atoms with Gasteiger partial charge in [-0.25, -0.2) is 0 Å². The first-order valence-corrected chi connectivity index (χ1v) is 3.57. The fourth-order valence-corrected chi connectivity index (χ4v) is 1.04. The van der Waals surface area contributed by atoms with Crippen LogP contribution in [0.15, 0.2) is 30.9 Å². The Bertz CT molecular complexity index is 366. The van der Waals surface area contributed by atoms with E-state index < -0.39 is 0 Å². The lowest BCUT2D eigenvalue weighted by Gasteiger charge is -1.95. The molecule has 0 radical (unpaired) electrons. The van der Waals surface area contributed by atoms with Gasteiger partial charge in [0.25, 0.3) is 0 Å². The Morgan fingerprint density at radius 1 is 1.33 bits per heavy atom. The van der Waals surface area contributed by atoms with Gasteiger partial charge in [0, 0.05) is 24.2 Å². The molecule has 0 bridgehead atoms. The first-order valence-electron chi connectivity index (χ1n) is 3.57. The van der Waals surface area contributed by atoms with Gasteiger partial charge in [-0.05, 0) is 6.07 Å². The molecule has 2 aromatic rings. The number of anilines is 1. The minimum absolute atomic E-state index is 0.621. The Morgan fingerprint density at radius 2 is 2.25 bits per heavy atom. The molecule has 60 valence electrons. The molecule has 0 amide bonds. The van der Waals surface area contributed by atoms with Crippen molar-refractivity contribution in [3.63, 3.8) is 0 Å². The molecule has 0 fully saturated rings. The average Bonchev–Trinajstić information content (AvgIpc) is 2.53. The molecule has 0 atom stereocenters. The highest BCUT2D eigenvalue weighted by Gasteiger charge is 2.02. The first-order chi connectivity index (χ1) is 5.88. The van der Waals surface area contributed by atoms with Crippen molar-refractivity contribution in [3.8, 4) is 11.3 Å². The molecule has 0 unspecified atom stereocenters. The van der Waals surface area contributed by atoms with Crippen molar-refractivity contribution in [1.29, 1.82) is 0 Å². The fourth-order valence-electron chi connectivity index (χ4n) is 1.04. The quantitative estimate of drug-likeness (QED) is 0.655. The number of H-pyrrole nitrogens is 1. The maximum absolute atomic E-state index is 5.65. The minimum Gasteiger partial charge on any atom is -0.385 e. The predicted molar refractivity (Wildman–Crippen MR) is 46.2 cm³/mol. The van der Waals surface area contributed by atoms with Crippen LogP contribution in [0.5, 0.6) is 0 Å². The summed E-state index contributed by atoms with van der Waals surface area (Å²) >= 11 is 0. The van der Waals surface area contributed by atoms with Gasteiger partial charge in [0.1, 0.15) is 5.82 Å². The third-order valence-electron chi connectivity index (χ3n) is 1.62. The van der Waals surface area contributed by atoms with Gasteiger partial charge in [-0.15, -0.1) is 0 Å².